The minimum atomic E-state index is -0.393. The number of benzene rings is 2. The molecule has 0 saturated heterocycles. The number of rotatable bonds is 9. The van der Waals surface area contributed by atoms with Gasteiger partial charge in [-0.2, -0.15) is 0 Å². The first kappa shape index (κ1) is 19.4. The minimum absolute atomic E-state index is 0.0892. The van der Waals surface area contributed by atoms with Crippen molar-refractivity contribution >= 4 is 11.6 Å². The second-order valence-corrected chi connectivity index (χ2v) is 5.73. The monoisotopic (exact) mass is 358 g/mol. The van der Waals surface area contributed by atoms with Gasteiger partial charge in [0, 0.05) is 18.3 Å². The molecular formula is C20H26N2O4. The standard InChI is InChI=1S/C20H26N2O4/c1-5-26-18-11-8-16(12-19(18)25-4)22-14(2)20(23)21-13-15-6-9-17(24-3)10-7-15/h6-12,14,22H,5,13H2,1-4H3,(H,21,23)/t14-/m1/s1. The number of hydrogen-bond donors (Lipinski definition) is 2. The van der Waals surface area contributed by atoms with Gasteiger partial charge in [-0.15, -0.1) is 0 Å². The molecule has 0 fully saturated rings. The maximum atomic E-state index is 12.3. The molecular weight excluding hydrogens is 332 g/mol. The molecule has 0 spiro atoms. The van der Waals surface area contributed by atoms with Gasteiger partial charge in [0.1, 0.15) is 11.8 Å². The van der Waals surface area contributed by atoms with Gasteiger partial charge in [0.15, 0.2) is 11.5 Å². The van der Waals surface area contributed by atoms with E-state index >= 15 is 0 Å². The van der Waals surface area contributed by atoms with Crippen molar-refractivity contribution in [3.8, 4) is 17.2 Å². The summed E-state index contributed by atoms with van der Waals surface area (Å²) in [6.07, 6.45) is 0. The lowest BCUT2D eigenvalue weighted by atomic mass is 10.2. The number of hydrogen-bond acceptors (Lipinski definition) is 5. The molecule has 0 aliphatic rings. The van der Waals surface area contributed by atoms with Crippen molar-refractivity contribution in [2.24, 2.45) is 0 Å². The van der Waals surface area contributed by atoms with Gasteiger partial charge in [-0.25, -0.2) is 0 Å². The number of ether oxygens (including phenoxy) is 3. The predicted molar refractivity (Wildman–Crippen MR) is 102 cm³/mol. The van der Waals surface area contributed by atoms with Crippen LogP contribution in [0.4, 0.5) is 5.69 Å². The number of nitrogens with one attached hydrogen (secondary N) is 2. The molecule has 2 aromatic rings. The van der Waals surface area contributed by atoms with Crippen LogP contribution in [-0.2, 0) is 11.3 Å². The lowest BCUT2D eigenvalue weighted by Crippen LogP contribution is -2.37. The van der Waals surface area contributed by atoms with Crippen molar-refractivity contribution < 1.29 is 19.0 Å². The van der Waals surface area contributed by atoms with E-state index in [1.807, 2.05) is 56.3 Å². The Bertz CT molecular complexity index is 716. The van der Waals surface area contributed by atoms with Gasteiger partial charge in [0.25, 0.3) is 0 Å². The summed E-state index contributed by atoms with van der Waals surface area (Å²) in [7, 11) is 3.21. The predicted octanol–water partition coefficient (Wildman–Crippen LogP) is 3.22. The Labute approximate surface area is 154 Å². The van der Waals surface area contributed by atoms with Crippen LogP contribution < -0.4 is 24.8 Å². The summed E-state index contributed by atoms with van der Waals surface area (Å²) >= 11 is 0. The van der Waals surface area contributed by atoms with E-state index in [0.29, 0.717) is 24.7 Å². The second-order valence-electron chi connectivity index (χ2n) is 5.73. The number of carbonyl (C=O) groups is 1. The first-order chi connectivity index (χ1) is 12.6. The SMILES string of the molecule is CCOc1ccc(N[C@H](C)C(=O)NCc2ccc(OC)cc2)cc1OC. The summed E-state index contributed by atoms with van der Waals surface area (Å²) in [5, 5.41) is 6.09. The van der Waals surface area contributed by atoms with Crippen LogP contribution in [0.2, 0.25) is 0 Å². The van der Waals surface area contributed by atoms with Crippen LogP contribution >= 0.6 is 0 Å². The maximum absolute atomic E-state index is 12.3. The third-order valence-electron chi connectivity index (χ3n) is 3.87. The van der Waals surface area contributed by atoms with Crippen molar-refractivity contribution in [1.29, 1.82) is 0 Å². The summed E-state index contributed by atoms with van der Waals surface area (Å²) in [4.78, 5) is 12.3. The van der Waals surface area contributed by atoms with Crippen LogP contribution in [0.1, 0.15) is 19.4 Å². The first-order valence-corrected chi connectivity index (χ1v) is 8.55. The molecule has 0 saturated carbocycles. The summed E-state index contributed by atoms with van der Waals surface area (Å²) in [6.45, 7) is 4.75. The van der Waals surface area contributed by atoms with Gasteiger partial charge < -0.3 is 24.8 Å². The van der Waals surface area contributed by atoms with Crippen LogP contribution in [0, 0.1) is 0 Å². The summed E-state index contributed by atoms with van der Waals surface area (Å²) < 4.78 is 16.0. The molecule has 6 nitrogen and oxygen atoms in total. The van der Waals surface area contributed by atoms with Crippen molar-refractivity contribution in [1.82, 2.24) is 5.32 Å². The molecule has 1 atom stereocenters. The van der Waals surface area contributed by atoms with Gasteiger partial charge in [-0.1, -0.05) is 12.1 Å². The van der Waals surface area contributed by atoms with Crippen molar-refractivity contribution in [3.05, 3.63) is 48.0 Å². The largest absolute Gasteiger partial charge is 0.497 e. The third kappa shape index (κ3) is 5.31. The molecule has 1 amide bonds. The number of carbonyl (C=O) groups excluding carboxylic acids is 1. The van der Waals surface area contributed by atoms with Crippen molar-refractivity contribution in [3.63, 3.8) is 0 Å². The van der Waals surface area contributed by atoms with Crippen LogP contribution in [-0.4, -0.2) is 32.8 Å². The molecule has 0 aliphatic heterocycles. The lowest BCUT2D eigenvalue weighted by molar-refractivity contribution is -0.121. The van der Waals surface area contributed by atoms with Gasteiger partial charge in [-0.05, 0) is 43.7 Å². The Morgan fingerprint density at radius 1 is 1.04 bits per heavy atom. The zero-order chi connectivity index (χ0) is 18.9. The topological polar surface area (TPSA) is 68.8 Å². The van der Waals surface area contributed by atoms with Gasteiger partial charge in [0.05, 0.1) is 20.8 Å². The van der Waals surface area contributed by atoms with Crippen LogP contribution in [0.15, 0.2) is 42.5 Å². The fraction of sp³-hybridized carbons (Fsp3) is 0.350. The molecule has 0 aliphatic carbocycles. The molecule has 2 N–H and O–H groups in total. The zero-order valence-corrected chi connectivity index (χ0v) is 15.7. The molecule has 2 aromatic carbocycles. The Balaban J connectivity index is 1.91. The molecule has 2 rings (SSSR count). The Hall–Kier alpha value is -2.89. The number of methoxy groups -OCH3 is 2. The quantitative estimate of drug-likeness (QED) is 0.720. The molecule has 0 aromatic heterocycles. The number of anilines is 1. The second kappa shape index (κ2) is 9.56. The van der Waals surface area contributed by atoms with E-state index in [0.717, 1.165) is 17.0 Å². The van der Waals surface area contributed by atoms with E-state index < -0.39 is 6.04 Å². The minimum Gasteiger partial charge on any atom is -0.497 e. The highest BCUT2D eigenvalue weighted by Gasteiger charge is 2.13. The molecule has 0 heterocycles. The fourth-order valence-electron chi connectivity index (χ4n) is 2.43. The first-order valence-electron chi connectivity index (χ1n) is 8.55. The third-order valence-corrected chi connectivity index (χ3v) is 3.87. The normalized spacial score (nSPS) is 11.4. The molecule has 0 radical (unpaired) electrons. The van der Waals surface area contributed by atoms with E-state index in [-0.39, 0.29) is 5.91 Å². The van der Waals surface area contributed by atoms with E-state index in [4.69, 9.17) is 14.2 Å². The zero-order valence-electron chi connectivity index (χ0n) is 15.7. The van der Waals surface area contributed by atoms with Crippen molar-refractivity contribution in [2.45, 2.75) is 26.4 Å². The molecule has 140 valence electrons. The number of amides is 1. The Morgan fingerprint density at radius 2 is 1.77 bits per heavy atom. The van der Waals surface area contributed by atoms with Crippen LogP contribution in [0.3, 0.4) is 0 Å². The van der Waals surface area contributed by atoms with E-state index in [1.54, 1.807) is 14.2 Å². The van der Waals surface area contributed by atoms with Crippen molar-refractivity contribution in [2.75, 3.05) is 26.1 Å². The van der Waals surface area contributed by atoms with Gasteiger partial charge in [-0.3, -0.25) is 4.79 Å². The average molecular weight is 358 g/mol. The Morgan fingerprint density at radius 3 is 2.38 bits per heavy atom. The highest BCUT2D eigenvalue weighted by molar-refractivity contribution is 5.84. The summed E-state index contributed by atoms with van der Waals surface area (Å²) in [5.41, 5.74) is 1.80. The summed E-state index contributed by atoms with van der Waals surface area (Å²) in [5.74, 6) is 2.01. The van der Waals surface area contributed by atoms with E-state index in [2.05, 4.69) is 10.6 Å². The molecule has 6 heteroatoms. The van der Waals surface area contributed by atoms with Gasteiger partial charge >= 0.3 is 0 Å². The Kier molecular flexibility index (Phi) is 7.14. The average Bonchev–Trinajstić information content (AvgIpc) is 2.67. The lowest BCUT2D eigenvalue weighted by Gasteiger charge is -2.17. The highest BCUT2D eigenvalue weighted by atomic mass is 16.5. The van der Waals surface area contributed by atoms with Crippen LogP contribution in [0.5, 0.6) is 17.2 Å². The molecule has 0 unspecified atom stereocenters. The van der Waals surface area contributed by atoms with E-state index in [9.17, 15) is 4.79 Å². The van der Waals surface area contributed by atoms with Crippen LogP contribution in [0.25, 0.3) is 0 Å². The maximum Gasteiger partial charge on any atom is 0.242 e. The highest BCUT2D eigenvalue weighted by Crippen LogP contribution is 2.30. The molecule has 26 heavy (non-hydrogen) atoms. The smallest absolute Gasteiger partial charge is 0.242 e. The van der Waals surface area contributed by atoms with E-state index in [1.165, 1.54) is 0 Å². The van der Waals surface area contributed by atoms with Gasteiger partial charge in [0.2, 0.25) is 5.91 Å². The summed E-state index contributed by atoms with van der Waals surface area (Å²) in [6, 6.07) is 12.7. The molecule has 0 bridgehead atoms. The fourth-order valence-corrected chi connectivity index (χ4v) is 2.43.